The Labute approximate surface area is 263 Å². The molecule has 0 saturated carbocycles. The van der Waals surface area contributed by atoms with Crippen molar-refractivity contribution in [2.75, 3.05) is 6.61 Å². The van der Waals surface area contributed by atoms with Gasteiger partial charge in [0.25, 0.3) is 0 Å². The maximum absolute atomic E-state index is 16.1. The van der Waals surface area contributed by atoms with E-state index in [2.05, 4.69) is 13.8 Å². The number of allylic oxidation sites excluding steroid dienone is 3. The van der Waals surface area contributed by atoms with E-state index in [-0.39, 0.29) is 17.2 Å². The molecule has 0 heterocycles. The molecule has 2 aromatic carbocycles. The quantitative estimate of drug-likeness (QED) is 0.120. The van der Waals surface area contributed by atoms with Gasteiger partial charge in [-0.3, -0.25) is 4.79 Å². The van der Waals surface area contributed by atoms with E-state index < -0.39 is 23.5 Å². The first-order valence-electron chi connectivity index (χ1n) is 16.7. The fourth-order valence-corrected chi connectivity index (χ4v) is 5.75. The van der Waals surface area contributed by atoms with Crippen LogP contribution < -0.4 is 4.74 Å². The molecular weight excluding hydrogens is 555 g/mol. The molecule has 3 atom stereocenters. The van der Waals surface area contributed by atoms with Crippen molar-refractivity contribution in [3.8, 4) is 5.75 Å². The number of alkyl halides is 1. The third kappa shape index (κ3) is 9.80. The highest BCUT2D eigenvalue weighted by molar-refractivity contribution is 5.97. The monoisotopic (exact) mass is 606 g/mol. The molecule has 0 saturated heterocycles. The van der Waals surface area contributed by atoms with Gasteiger partial charge in [0.2, 0.25) is 0 Å². The minimum atomic E-state index is -2.05. The fourth-order valence-electron chi connectivity index (χ4n) is 5.75. The number of unbranched alkanes of at least 4 members (excludes halogenated alkanes) is 10. The molecule has 0 amide bonds. The maximum atomic E-state index is 16.1. The molecule has 240 valence electrons. The number of carboxylic acids is 1. The fraction of sp³-hybridized carbons (Fsp3) is 0.526. The summed E-state index contributed by atoms with van der Waals surface area (Å²) in [6.45, 7) is 6.89. The third-order valence-electron chi connectivity index (χ3n) is 8.46. The lowest BCUT2D eigenvalue weighted by Gasteiger charge is -2.33. The summed E-state index contributed by atoms with van der Waals surface area (Å²) in [6, 6.07) is 13.7. The first kappa shape index (κ1) is 35.1. The number of carboxylic acid groups (broad SMARTS) is 1. The Hall–Kier alpha value is -3.41. The highest BCUT2D eigenvalue weighted by Crippen LogP contribution is 2.41. The lowest BCUT2D eigenvalue weighted by Crippen LogP contribution is -2.44. The van der Waals surface area contributed by atoms with E-state index in [1.165, 1.54) is 69.2 Å². The van der Waals surface area contributed by atoms with Gasteiger partial charge >= 0.3 is 11.9 Å². The molecule has 6 heteroatoms. The van der Waals surface area contributed by atoms with Crippen molar-refractivity contribution in [3.05, 3.63) is 83.4 Å². The summed E-state index contributed by atoms with van der Waals surface area (Å²) in [7, 11) is 0. The van der Waals surface area contributed by atoms with Gasteiger partial charge in [0, 0.05) is 0 Å². The van der Waals surface area contributed by atoms with Crippen LogP contribution in [-0.4, -0.2) is 35.9 Å². The maximum Gasteiger partial charge on any atom is 0.338 e. The van der Waals surface area contributed by atoms with E-state index in [9.17, 15) is 14.7 Å². The number of hydrogen-bond acceptors (Lipinski definition) is 4. The van der Waals surface area contributed by atoms with Crippen LogP contribution in [0.25, 0.3) is 5.57 Å². The van der Waals surface area contributed by atoms with Gasteiger partial charge in [-0.05, 0) is 67.2 Å². The van der Waals surface area contributed by atoms with Gasteiger partial charge in [-0.2, -0.15) is 0 Å². The van der Waals surface area contributed by atoms with Crippen LogP contribution in [0, 0.1) is 0 Å². The van der Waals surface area contributed by atoms with Gasteiger partial charge in [-0.25, -0.2) is 9.18 Å². The molecular formula is C38H51FO5. The SMILES string of the molecule is CCCCCCCCOc1ccc(C2=CC(F)C(C(=O)O)(c3ccccc3C(=O)OC(C)CCCCCCCC)C=C2)cc1. The van der Waals surface area contributed by atoms with Crippen molar-refractivity contribution >= 4 is 17.5 Å². The molecule has 1 aliphatic carbocycles. The Morgan fingerprint density at radius 3 is 2.11 bits per heavy atom. The molecule has 0 bridgehead atoms. The summed E-state index contributed by atoms with van der Waals surface area (Å²) in [5.74, 6) is -1.25. The zero-order valence-electron chi connectivity index (χ0n) is 26.9. The minimum Gasteiger partial charge on any atom is -0.494 e. The Bertz CT molecular complexity index is 1230. The van der Waals surface area contributed by atoms with Crippen molar-refractivity contribution in [2.45, 2.75) is 122 Å². The van der Waals surface area contributed by atoms with E-state index in [0.29, 0.717) is 12.2 Å². The Morgan fingerprint density at radius 2 is 1.48 bits per heavy atom. The van der Waals surface area contributed by atoms with Crippen LogP contribution in [0.2, 0.25) is 0 Å². The van der Waals surface area contributed by atoms with E-state index in [4.69, 9.17) is 9.47 Å². The summed E-state index contributed by atoms with van der Waals surface area (Å²) in [6.07, 6.45) is 16.8. The minimum absolute atomic E-state index is 0.0701. The van der Waals surface area contributed by atoms with Gasteiger partial charge in [0.1, 0.15) is 17.3 Å². The molecule has 1 aliphatic rings. The summed E-state index contributed by atoms with van der Waals surface area (Å²) in [4.78, 5) is 26.0. The number of benzene rings is 2. The zero-order chi connectivity index (χ0) is 31.8. The summed E-state index contributed by atoms with van der Waals surface area (Å²) in [5.41, 5.74) is -0.570. The predicted molar refractivity (Wildman–Crippen MR) is 176 cm³/mol. The van der Waals surface area contributed by atoms with E-state index in [0.717, 1.165) is 49.8 Å². The topological polar surface area (TPSA) is 72.8 Å². The van der Waals surface area contributed by atoms with Gasteiger partial charge in [0.15, 0.2) is 0 Å². The van der Waals surface area contributed by atoms with Crippen molar-refractivity contribution in [1.82, 2.24) is 0 Å². The number of hydrogen-bond donors (Lipinski definition) is 1. The molecule has 2 aromatic rings. The first-order valence-corrected chi connectivity index (χ1v) is 16.7. The smallest absolute Gasteiger partial charge is 0.338 e. The Morgan fingerprint density at radius 1 is 0.864 bits per heavy atom. The van der Waals surface area contributed by atoms with Gasteiger partial charge in [-0.15, -0.1) is 0 Å². The molecule has 0 aromatic heterocycles. The molecule has 5 nitrogen and oxygen atoms in total. The number of carbonyl (C=O) groups is 2. The molecule has 0 radical (unpaired) electrons. The second-order valence-corrected chi connectivity index (χ2v) is 12.0. The normalized spacial score (nSPS) is 18.5. The predicted octanol–water partition coefficient (Wildman–Crippen LogP) is 10.0. The number of ether oxygens (including phenoxy) is 2. The first-order chi connectivity index (χ1) is 21.3. The highest BCUT2D eigenvalue weighted by Gasteiger charge is 2.49. The Kier molecular flexibility index (Phi) is 14.7. The van der Waals surface area contributed by atoms with Crippen LogP contribution in [0.1, 0.15) is 126 Å². The molecule has 3 unspecified atom stereocenters. The van der Waals surface area contributed by atoms with Crippen LogP contribution in [0.5, 0.6) is 5.75 Å². The molecule has 0 fully saturated rings. The van der Waals surface area contributed by atoms with E-state index in [1.807, 2.05) is 31.2 Å². The summed E-state index contributed by atoms with van der Waals surface area (Å²) < 4.78 is 27.7. The largest absolute Gasteiger partial charge is 0.494 e. The number of esters is 1. The van der Waals surface area contributed by atoms with Gasteiger partial charge in [-0.1, -0.05) is 121 Å². The number of carbonyl (C=O) groups excluding carboxylic acids is 1. The molecule has 0 aliphatic heterocycles. The summed E-state index contributed by atoms with van der Waals surface area (Å²) in [5, 5.41) is 10.4. The molecule has 0 spiro atoms. The van der Waals surface area contributed by atoms with E-state index >= 15 is 4.39 Å². The zero-order valence-corrected chi connectivity index (χ0v) is 26.9. The highest BCUT2D eigenvalue weighted by atomic mass is 19.1. The van der Waals surface area contributed by atoms with Crippen LogP contribution in [0.3, 0.4) is 0 Å². The van der Waals surface area contributed by atoms with Crippen LogP contribution in [-0.2, 0) is 14.9 Å². The lowest BCUT2D eigenvalue weighted by atomic mass is 9.71. The van der Waals surface area contributed by atoms with Crippen molar-refractivity contribution in [1.29, 1.82) is 0 Å². The average molecular weight is 607 g/mol. The molecule has 1 N–H and O–H groups in total. The van der Waals surface area contributed by atoms with Crippen LogP contribution >= 0.6 is 0 Å². The number of rotatable bonds is 20. The second kappa shape index (κ2) is 18.4. The van der Waals surface area contributed by atoms with Gasteiger partial charge < -0.3 is 14.6 Å². The van der Waals surface area contributed by atoms with Crippen molar-refractivity contribution in [3.63, 3.8) is 0 Å². The van der Waals surface area contributed by atoms with E-state index in [1.54, 1.807) is 18.2 Å². The lowest BCUT2D eigenvalue weighted by molar-refractivity contribution is -0.143. The average Bonchev–Trinajstić information content (AvgIpc) is 3.02. The number of aliphatic carboxylic acids is 1. The number of halogens is 1. The standard InChI is InChI=1S/C38H51FO5/c1-4-6-8-10-12-14-18-29(3)44-36(40)33-19-15-16-20-34(33)38(37(41)42)26-25-31(28-35(38)39)30-21-23-32(24-22-30)43-27-17-13-11-9-7-5-2/h15-16,19-26,28-29,35H,4-14,17-18,27H2,1-3H3,(H,41,42). The Balaban J connectivity index is 1.67. The van der Waals surface area contributed by atoms with Crippen LogP contribution in [0.15, 0.2) is 66.8 Å². The van der Waals surface area contributed by atoms with Crippen molar-refractivity contribution in [2.24, 2.45) is 0 Å². The van der Waals surface area contributed by atoms with Crippen molar-refractivity contribution < 1.29 is 28.6 Å². The third-order valence-corrected chi connectivity index (χ3v) is 8.46. The second-order valence-electron chi connectivity index (χ2n) is 12.0. The van der Waals surface area contributed by atoms with Gasteiger partial charge in [0.05, 0.1) is 18.3 Å². The molecule has 3 rings (SSSR count). The van der Waals surface area contributed by atoms with Crippen LogP contribution in [0.4, 0.5) is 4.39 Å². The molecule has 44 heavy (non-hydrogen) atoms. The summed E-state index contributed by atoms with van der Waals surface area (Å²) >= 11 is 0.